The Morgan fingerprint density at radius 2 is 1.62 bits per heavy atom. The zero-order chi connectivity index (χ0) is 20.4. The minimum absolute atomic E-state index is 0.292. The SMILES string of the molecule is CCCC[C@H]1CC[C@H](c2ccc3c(F)c(-c4ccc(F)c(F)c4)ccc3c2)CC1. The van der Waals surface area contributed by atoms with E-state index in [-0.39, 0.29) is 5.82 Å². The molecule has 3 aromatic rings. The van der Waals surface area contributed by atoms with Crippen LogP contribution >= 0.6 is 0 Å². The zero-order valence-corrected chi connectivity index (χ0v) is 16.9. The van der Waals surface area contributed by atoms with Gasteiger partial charge in [-0.1, -0.05) is 62.6 Å². The molecule has 3 aromatic carbocycles. The van der Waals surface area contributed by atoms with Crippen molar-refractivity contribution in [3.63, 3.8) is 0 Å². The molecule has 152 valence electrons. The number of unbranched alkanes of at least 4 members (excludes halogenated alkanes) is 1. The van der Waals surface area contributed by atoms with E-state index in [2.05, 4.69) is 13.0 Å². The molecule has 0 heterocycles. The van der Waals surface area contributed by atoms with Gasteiger partial charge in [0.25, 0.3) is 0 Å². The van der Waals surface area contributed by atoms with Gasteiger partial charge in [0.05, 0.1) is 0 Å². The molecule has 1 fully saturated rings. The number of benzene rings is 3. The molecule has 0 spiro atoms. The lowest BCUT2D eigenvalue weighted by Gasteiger charge is -2.29. The summed E-state index contributed by atoms with van der Waals surface area (Å²) in [6, 6.07) is 13.0. The number of hydrogen-bond donors (Lipinski definition) is 0. The number of fused-ring (bicyclic) bond motifs is 1. The van der Waals surface area contributed by atoms with Gasteiger partial charge in [0.15, 0.2) is 11.6 Å². The van der Waals surface area contributed by atoms with Gasteiger partial charge in [-0.25, -0.2) is 13.2 Å². The Bertz CT molecular complexity index is 1000. The van der Waals surface area contributed by atoms with Crippen LogP contribution in [0.25, 0.3) is 21.9 Å². The maximum Gasteiger partial charge on any atom is 0.159 e. The third-order valence-electron chi connectivity index (χ3n) is 6.49. The number of rotatable bonds is 5. The fraction of sp³-hybridized carbons (Fsp3) is 0.385. The van der Waals surface area contributed by atoms with Crippen LogP contribution in [0.15, 0.2) is 48.5 Å². The lowest BCUT2D eigenvalue weighted by Crippen LogP contribution is -2.13. The highest BCUT2D eigenvalue weighted by atomic mass is 19.2. The highest BCUT2D eigenvalue weighted by molar-refractivity contribution is 5.88. The van der Waals surface area contributed by atoms with Crippen molar-refractivity contribution >= 4 is 10.8 Å². The maximum absolute atomic E-state index is 15.1. The van der Waals surface area contributed by atoms with Crippen LogP contribution in [0.2, 0.25) is 0 Å². The molecule has 0 aromatic heterocycles. The molecule has 0 atom stereocenters. The molecule has 0 nitrogen and oxygen atoms in total. The first-order valence-electron chi connectivity index (χ1n) is 10.7. The second kappa shape index (κ2) is 8.61. The van der Waals surface area contributed by atoms with Crippen molar-refractivity contribution in [3.05, 3.63) is 71.5 Å². The third-order valence-corrected chi connectivity index (χ3v) is 6.49. The van der Waals surface area contributed by atoms with Crippen molar-refractivity contribution in [3.8, 4) is 11.1 Å². The van der Waals surface area contributed by atoms with Gasteiger partial charge in [-0.15, -0.1) is 0 Å². The van der Waals surface area contributed by atoms with Gasteiger partial charge in [0.1, 0.15) is 5.82 Å². The van der Waals surface area contributed by atoms with E-state index in [1.807, 2.05) is 18.2 Å². The maximum atomic E-state index is 15.1. The van der Waals surface area contributed by atoms with E-state index < -0.39 is 11.6 Å². The Morgan fingerprint density at radius 1 is 0.828 bits per heavy atom. The predicted octanol–water partition coefficient (Wildman–Crippen LogP) is 8.39. The summed E-state index contributed by atoms with van der Waals surface area (Å²) < 4.78 is 41.9. The molecule has 0 amide bonds. The topological polar surface area (TPSA) is 0 Å². The van der Waals surface area contributed by atoms with Crippen molar-refractivity contribution in [2.75, 3.05) is 0 Å². The molecule has 1 aliphatic rings. The zero-order valence-electron chi connectivity index (χ0n) is 16.9. The molecule has 3 heteroatoms. The fourth-order valence-electron chi connectivity index (χ4n) is 4.73. The van der Waals surface area contributed by atoms with E-state index in [1.54, 1.807) is 6.07 Å². The average Bonchev–Trinajstić information content (AvgIpc) is 2.75. The van der Waals surface area contributed by atoms with Gasteiger partial charge in [0, 0.05) is 10.9 Å². The van der Waals surface area contributed by atoms with Crippen molar-refractivity contribution in [2.24, 2.45) is 5.92 Å². The summed E-state index contributed by atoms with van der Waals surface area (Å²) in [7, 11) is 0. The van der Waals surface area contributed by atoms with Crippen LogP contribution < -0.4 is 0 Å². The van der Waals surface area contributed by atoms with Crippen LogP contribution in [0.1, 0.15) is 63.4 Å². The van der Waals surface area contributed by atoms with Crippen LogP contribution in [-0.4, -0.2) is 0 Å². The summed E-state index contributed by atoms with van der Waals surface area (Å²) in [5, 5.41) is 1.38. The van der Waals surface area contributed by atoms with Gasteiger partial charge < -0.3 is 0 Å². The van der Waals surface area contributed by atoms with E-state index in [9.17, 15) is 8.78 Å². The summed E-state index contributed by atoms with van der Waals surface area (Å²) in [4.78, 5) is 0. The smallest absolute Gasteiger partial charge is 0.159 e. The summed E-state index contributed by atoms with van der Waals surface area (Å²) in [6.45, 7) is 2.25. The standard InChI is InChI=1S/C26H27F3/c1-2-3-4-17-5-7-18(8-6-17)19-9-12-22-20(15-19)10-13-23(26(22)29)21-11-14-24(27)25(28)16-21/h9-18H,2-8H2,1H3/t17-,18-. The summed E-state index contributed by atoms with van der Waals surface area (Å²) in [5.74, 6) is -0.867. The molecule has 0 aliphatic heterocycles. The molecule has 0 N–H and O–H groups in total. The van der Waals surface area contributed by atoms with Crippen molar-refractivity contribution in [1.82, 2.24) is 0 Å². The van der Waals surface area contributed by atoms with E-state index in [0.29, 0.717) is 22.4 Å². The van der Waals surface area contributed by atoms with Gasteiger partial charge in [-0.05, 0) is 66.2 Å². The van der Waals surface area contributed by atoms with Crippen LogP contribution in [-0.2, 0) is 0 Å². The lowest BCUT2D eigenvalue weighted by molar-refractivity contribution is 0.304. The normalized spacial score (nSPS) is 19.6. The largest absolute Gasteiger partial charge is 0.206 e. The molecule has 1 saturated carbocycles. The minimum Gasteiger partial charge on any atom is -0.206 e. The van der Waals surface area contributed by atoms with Gasteiger partial charge >= 0.3 is 0 Å². The van der Waals surface area contributed by atoms with Gasteiger partial charge in [-0.2, -0.15) is 0 Å². The molecule has 0 radical (unpaired) electrons. The van der Waals surface area contributed by atoms with Gasteiger partial charge in [0.2, 0.25) is 0 Å². The first kappa shape index (κ1) is 20.0. The van der Waals surface area contributed by atoms with Crippen LogP contribution in [0, 0.1) is 23.4 Å². The first-order chi connectivity index (χ1) is 14.1. The predicted molar refractivity (Wildman–Crippen MR) is 113 cm³/mol. The molecule has 29 heavy (non-hydrogen) atoms. The third kappa shape index (κ3) is 4.19. The van der Waals surface area contributed by atoms with Crippen molar-refractivity contribution < 1.29 is 13.2 Å². The monoisotopic (exact) mass is 396 g/mol. The van der Waals surface area contributed by atoms with E-state index in [1.165, 1.54) is 56.6 Å². The van der Waals surface area contributed by atoms with Crippen molar-refractivity contribution in [2.45, 2.75) is 57.8 Å². The highest BCUT2D eigenvalue weighted by Gasteiger charge is 2.22. The van der Waals surface area contributed by atoms with E-state index >= 15 is 4.39 Å². The Hall–Kier alpha value is -2.29. The molecule has 0 unspecified atom stereocenters. The van der Waals surface area contributed by atoms with E-state index in [0.717, 1.165) is 23.4 Å². The molecule has 4 rings (SSSR count). The van der Waals surface area contributed by atoms with Crippen molar-refractivity contribution in [1.29, 1.82) is 0 Å². The van der Waals surface area contributed by atoms with Crippen LogP contribution in [0.3, 0.4) is 0 Å². The summed E-state index contributed by atoms with van der Waals surface area (Å²) in [5.41, 5.74) is 1.92. The Kier molecular flexibility index (Phi) is 5.94. The molecule has 0 saturated heterocycles. The van der Waals surface area contributed by atoms with E-state index in [4.69, 9.17) is 0 Å². The summed E-state index contributed by atoms with van der Waals surface area (Å²) in [6.07, 6.45) is 8.91. The highest BCUT2D eigenvalue weighted by Crippen LogP contribution is 2.39. The fourth-order valence-corrected chi connectivity index (χ4v) is 4.73. The second-order valence-electron chi connectivity index (χ2n) is 8.40. The number of hydrogen-bond acceptors (Lipinski definition) is 0. The summed E-state index contributed by atoms with van der Waals surface area (Å²) >= 11 is 0. The average molecular weight is 396 g/mol. The Balaban J connectivity index is 1.57. The van der Waals surface area contributed by atoms with Gasteiger partial charge in [-0.3, -0.25) is 0 Å². The quantitative estimate of drug-likeness (QED) is 0.406. The molecular formula is C26H27F3. The first-order valence-corrected chi connectivity index (χ1v) is 10.7. The molecule has 0 bridgehead atoms. The minimum atomic E-state index is -0.966. The lowest BCUT2D eigenvalue weighted by atomic mass is 9.77. The number of halogens is 3. The Morgan fingerprint density at radius 3 is 2.34 bits per heavy atom. The molecule has 1 aliphatic carbocycles. The van der Waals surface area contributed by atoms with Crippen LogP contribution in [0.4, 0.5) is 13.2 Å². The van der Waals surface area contributed by atoms with Crippen LogP contribution in [0.5, 0.6) is 0 Å². The Labute approximate surface area is 170 Å². The molecular weight excluding hydrogens is 369 g/mol. The second-order valence-corrected chi connectivity index (χ2v) is 8.40.